The van der Waals surface area contributed by atoms with Crippen molar-refractivity contribution in [3.63, 3.8) is 0 Å². The molecule has 0 bridgehead atoms. The molecule has 0 aliphatic heterocycles. The number of nitrogens with zero attached hydrogens (tertiary/aromatic N) is 2. The lowest BCUT2D eigenvalue weighted by Gasteiger charge is -2.02. The average molecular weight is 218 g/mol. The number of benzene rings is 1. The number of aromatic nitrogens is 1. The molecule has 1 aromatic carbocycles. The van der Waals surface area contributed by atoms with Crippen LogP contribution in [-0.4, -0.2) is 15.9 Å². The van der Waals surface area contributed by atoms with Crippen molar-refractivity contribution in [3.8, 4) is 0 Å². The largest absolute Gasteiger partial charge is 0.428 e. The fourth-order valence-electron chi connectivity index (χ4n) is 1.39. The summed E-state index contributed by atoms with van der Waals surface area (Å²) >= 11 is 0. The second kappa shape index (κ2) is 4.06. The van der Waals surface area contributed by atoms with Crippen LogP contribution in [0.1, 0.15) is 6.92 Å². The summed E-state index contributed by atoms with van der Waals surface area (Å²) in [6.45, 7) is 1.28. The molecule has 1 heterocycles. The monoisotopic (exact) mass is 218 g/mol. The third kappa shape index (κ3) is 1.88. The lowest BCUT2D eigenvalue weighted by atomic mass is 10.2. The van der Waals surface area contributed by atoms with Crippen LogP contribution < -0.4 is 5.36 Å². The van der Waals surface area contributed by atoms with Gasteiger partial charge in [-0.1, -0.05) is 23.4 Å². The van der Waals surface area contributed by atoms with Crippen LogP contribution in [-0.2, 0) is 9.63 Å². The Morgan fingerprint density at radius 1 is 1.38 bits per heavy atom. The molecule has 0 aliphatic rings. The highest BCUT2D eigenvalue weighted by atomic mass is 16.7. The van der Waals surface area contributed by atoms with Gasteiger partial charge in [0.25, 0.3) is 0 Å². The fourth-order valence-corrected chi connectivity index (χ4v) is 1.39. The van der Waals surface area contributed by atoms with Gasteiger partial charge >= 0.3 is 5.97 Å². The molecule has 1 N–H and O–H groups in total. The third-order valence-corrected chi connectivity index (χ3v) is 2.07. The van der Waals surface area contributed by atoms with Gasteiger partial charge in [-0.3, -0.25) is 0 Å². The molecular weight excluding hydrogens is 208 g/mol. The quantitative estimate of drug-likeness (QED) is 0.445. The Balaban J connectivity index is 2.67. The molecule has 0 saturated carbocycles. The maximum atomic E-state index is 10.6. The Bertz CT molecular complexity index is 601. The zero-order valence-electron chi connectivity index (χ0n) is 8.62. The SMILES string of the molecule is CC(=O)ON=c1ccn(O)c2ccccc12. The number of pyridine rings is 1. The van der Waals surface area contributed by atoms with Crippen LogP contribution >= 0.6 is 0 Å². The summed E-state index contributed by atoms with van der Waals surface area (Å²) in [4.78, 5) is 15.2. The van der Waals surface area contributed by atoms with E-state index in [2.05, 4.69) is 9.99 Å². The summed E-state index contributed by atoms with van der Waals surface area (Å²) in [5.74, 6) is -0.482. The van der Waals surface area contributed by atoms with Crippen LogP contribution in [0.25, 0.3) is 10.9 Å². The van der Waals surface area contributed by atoms with Gasteiger partial charge < -0.3 is 10.0 Å². The summed E-state index contributed by atoms with van der Waals surface area (Å²) in [7, 11) is 0. The van der Waals surface area contributed by atoms with Crippen LogP contribution in [0.15, 0.2) is 41.7 Å². The van der Waals surface area contributed by atoms with E-state index < -0.39 is 5.97 Å². The van der Waals surface area contributed by atoms with Crippen molar-refractivity contribution in [1.82, 2.24) is 4.73 Å². The fraction of sp³-hybridized carbons (Fsp3) is 0.0909. The first kappa shape index (κ1) is 10.2. The molecule has 0 saturated heterocycles. The minimum Gasteiger partial charge on any atom is -0.428 e. The highest BCUT2D eigenvalue weighted by Crippen LogP contribution is 2.07. The van der Waals surface area contributed by atoms with Gasteiger partial charge in [-0.05, 0) is 12.1 Å². The predicted molar refractivity (Wildman–Crippen MR) is 56.5 cm³/mol. The van der Waals surface area contributed by atoms with Gasteiger partial charge in [-0.2, -0.15) is 4.73 Å². The van der Waals surface area contributed by atoms with Gasteiger partial charge in [-0.25, -0.2) is 4.79 Å². The van der Waals surface area contributed by atoms with E-state index in [1.165, 1.54) is 13.1 Å². The zero-order chi connectivity index (χ0) is 11.5. The molecule has 5 heteroatoms. The zero-order valence-corrected chi connectivity index (χ0v) is 8.62. The summed E-state index contributed by atoms with van der Waals surface area (Å²) in [6, 6.07) is 8.69. The van der Waals surface area contributed by atoms with Crippen molar-refractivity contribution >= 4 is 16.9 Å². The first-order chi connectivity index (χ1) is 7.68. The highest BCUT2D eigenvalue weighted by Gasteiger charge is 1.99. The molecule has 1 aromatic heterocycles. The van der Waals surface area contributed by atoms with Gasteiger partial charge in [0.15, 0.2) is 0 Å². The minimum atomic E-state index is -0.482. The molecule has 5 nitrogen and oxygen atoms in total. The van der Waals surface area contributed by atoms with E-state index in [1.54, 1.807) is 24.3 Å². The van der Waals surface area contributed by atoms with Crippen molar-refractivity contribution < 1.29 is 14.8 Å². The molecule has 0 atom stereocenters. The summed E-state index contributed by atoms with van der Waals surface area (Å²) in [5, 5.41) is 14.4. The maximum absolute atomic E-state index is 10.6. The highest BCUT2D eigenvalue weighted by molar-refractivity contribution is 5.78. The molecule has 2 rings (SSSR count). The lowest BCUT2D eigenvalue weighted by Crippen LogP contribution is -2.09. The van der Waals surface area contributed by atoms with Gasteiger partial charge in [0.1, 0.15) is 5.36 Å². The summed E-state index contributed by atoms with van der Waals surface area (Å²) in [5.41, 5.74) is 0.593. The molecule has 2 aromatic rings. The normalized spacial score (nSPS) is 11.7. The standard InChI is InChI=1S/C11H10N2O3/c1-8(14)16-12-10-6-7-13(15)11-5-3-2-4-9(10)11/h2-7,15H,1H3. The molecule has 0 unspecified atom stereocenters. The number of fused-ring (bicyclic) bond motifs is 1. The maximum Gasteiger partial charge on any atom is 0.332 e. The molecule has 82 valence electrons. The molecular formula is C11H10N2O3. The van der Waals surface area contributed by atoms with Crippen molar-refractivity contribution in [3.05, 3.63) is 41.9 Å². The van der Waals surface area contributed by atoms with Crippen LogP contribution in [0.3, 0.4) is 0 Å². The van der Waals surface area contributed by atoms with E-state index in [0.29, 0.717) is 16.3 Å². The molecule has 0 fully saturated rings. The first-order valence-corrected chi connectivity index (χ1v) is 4.70. The van der Waals surface area contributed by atoms with Gasteiger partial charge in [0, 0.05) is 18.5 Å². The van der Waals surface area contributed by atoms with E-state index in [-0.39, 0.29) is 0 Å². The minimum absolute atomic E-state index is 0.482. The number of hydrogen-bond acceptors (Lipinski definition) is 4. The smallest absolute Gasteiger partial charge is 0.332 e. The van der Waals surface area contributed by atoms with E-state index in [0.717, 1.165) is 4.73 Å². The Morgan fingerprint density at radius 3 is 2.88 bits per heavy atom. The Morgan fingerprint density at radius 2 is 2.12 bits per heavy atom. The Kier molecular flexibility index (Phi) is 2.59. The average Bonchev–Trinajstić information content (AvgIpc) is 2.28. The number of carbonyl (C=O) groups excluding carboxylic acids is 1. The Hall–Kier alpha value is -2.30. The van der Waals surface area contributed by atoms with Crippen LogP contribution in [0.5, 0.6) is 0 Å². The van der Waals surface area contributed by atoms with Gasteiger partial charge in [0.2, 0.25) is 0 Å². The summed E-state index contributed by atoms with van der Waals surface area (Å²) in [6.07, 6.45) is 1.44. The van der Waals surface area contributed by atoms with Crippen molar-refractivity contribution in [2.75, 3.05) is 0 Å². The number of hydrogen-bond donors (Lipinski definition) is 1. The van der Waals surface area contributed by atoms with Crippen molar-refractivity contribution in [1.29, 1.82) is 0 Å². The van der Waals surface area contributed by atoms with Gasteiger partial charge in [0.05, 0.1) is 5.52 Å². The third-order valence-electron chi connectivity index (χ3n) is 2.07. The second-order valence-corrected chi connectivity index (χ2v) is 3.24. The van der Waals surface area contributed by atoms with Crippen molar-refractivity contribution in [2.24, 2.45) is 5.16 Å². The number of rotatable bonds is 1. The van der Waals surface area contributed by atoms with Crippen LogP contribution in [0, 0.1) is 0 Å². The Labute approximate surface area is 91.1 Å². The predicted octanol–water partition coefficient (Wildman–Crippen LogP) is 1.26. The summed E-state index contributed by atoms with van der Waals surface area (Å²) < 4.78 is 0.988. The number of carbonyl (C=O) groups is 1. The van der Waals surface area contributed by atoms with Crippen molar-refractivity contribution in [2.45, 2.75) is 6.92 Å². The molecule has 16 heavy (non-hydrogen) atoms. The molecule has 0 amide bonds. The van der Waals surface area contributed by atoms with E-state index in [4.69, 9.17) is 0 Å². The van der Waals surface area contributed by atoms with Gasteiger partial charge in [-0.15, -0.1) is 0 Å². The topological polar surface area (TPSA) is 63.8 Å². The first-order valence-electron chi connectivity index (χ1n) is 4.70. The van der Waals surface area contributed by atoms with E-state index in [9.17, 15) is 10.0 Å². The molecule has 0 aliphatic carbocycles. The van der Waals surface area contributed by atoms with Crippen LogP contribution in [0.4, 0.5) is 0 Å². The lowest BCUT2D eigenvalue weighted by molar-refractivity contribution is -0.141. The van der Waals surface area contributed by atoms with E-state index >= 15 is 0 Å². The molecule has 0 radical (unpaired) electrons. The van der Waals surface area contributed by atoms with Crippen LogP contribution in [0.2, 0.25) is 0 Å². The number of para-hydroxylation sites is 1. The molecule has 0 spiro atoms. The second-order valence-electron chi connectivity index (χ2n) is 3.24. The van der Waals surface area contributed by atoms with E-state index in [1.807, 2.05) is 6.07 Å².